The Morgan fingerprint density at radius 1 is 1.30 bits per heavy atom. The van der Waals surface area contributed by atoms with Crippen LogP contribution in [0.2, 0.25) is 0 Å². The molecule has 1 N–H and O–H groups in total. The molecule has 1 aliphatic carbocycles. The lowest BCUT2D eigenvalue weighted by atomic mass is 9.80. The molecule has 3 unspecified atom stereocenters. The molecule has 4 heteroatoms. The predicted octanol–water partition coefficient (Wildman–Crippen LogP) is 2.76. The summed E-state index contributed by atoms with van der Waals surface area (Å²) in [6.07, 6.45) is 3.57. The summed E-state index contributed by atoms with van der Waals surface area (Å²) in [5.41, 5.74) is -0.431. The van der Waals surface area contributed by atoms with Gasteiger partial charge in [-0.3, -0.25) is 9.59 Å². The van der Waals surface area contributed by atoms with Crippen LogP contribution in [-0.4, -0.2) is 25.0 Å². The Kier molecular flexibility index (Phi) is 6.03. The number of hydrogen-bond donors (Lipinski definition) is 1. The molecule has 0 heterocycles. The van der Waals surface area contributed by atoms with Gasteiger partial charge >= 0.3 is 5.97 Å². The zero-order valence-electron chi connectivity index (χ0n) is 13.5. The number of carbonyl (C=O) groups excluding carboxylic acids is 2. The molecule has 1 rings (SSSR count). The minimum Gasteiger partial charge on any atom is -0.465 e. The Hall–Kier alpha value is -1.06. The molecular weight excluding hydrogens is 254 g/mol. The molecule has 4 nitrogen and oxygen atoms in total. The van der Waals surface area contributed by atoms with Gasteiger partial charge in [-0.1, -0.05) is 34.1 Å². The lowest BCUT2D eigenvalue weighted by molar-refractivity contribution is -0.156. The van der Waals surface area contributed by atoms with Crippen LogP contribution < -0.4 is 5.32 Å². The van der Waals surface area contributed by atoms with Gasteiger partial charge in [-0.15, -0.1) is 0 Å². The Morgan fingerprint density at radius 3 is 2.40 bits per heavy atom. The number of hydrogen-bond acceptors (Lipinski definition) is 3. The maximum atomic E-state index is 12.3. The smallest absolute Gasteiger partial charge is 0.319 e. The zero-order chi connectivity index (χ0) is 15.3. The summed E-state index contributed by atoms with van der Waals surface area (Å²) in [6.45, 7) is 10.7. The quantitative estimate of drug-likeness (QED) is 0.623. The molecule has 0 bridgehead atoms. The highest BCUT2D eigenvalue weighted by Crippen LogP contribution is 2.30. The monoisotopic (exact) mass is 283 g/mol. The molecule has 1 amide bonds. The predicted molar refractivity (Wildman–Crippen MR) is 79.1 cm³/mol. The maximum absolute atomic E-state index is 12.3. The van der Waals surface area contributed by atoms with E-state index in [1.54, 1.807) is 6.92 Å². The van der Waals surface area contributed by atoms with Crippen LogP contribution in [0.5, 0.6) is 0 Å². The van der Waals surface area contributed by atoms with E-state index in [9.17, 15) is 9.59 Å². The van der Waals surface area contributed by atoms with Gasteiger partial charge in [0.15, 0.2) is 0 Å². The standard InChI is InChI=1S/C16H29NO3/c1-6-20-15(19)13(16(3,4)5)14(18)17-10-12-8-7-11(2)9-12/h11-13H,6-10H2,1-5H3,(H,17,18). The first-order valence-electron chi connectivity index (χ1n) is 7.70. The number of carbonyl (C=O) groups is 2. The number of amides is 1. The normalized spacial score (nSPS) is 24.2. The van der Waals surface area contributed by atoms with Crippen LogP contribution in [0.3, 0.4) is 0 Å². The molecule has 116 valence electrons. The van der Waals surface area contributed by atoms with Crippen LogP contribution in [0.1, 0.15) is 53.9 Å². The topological polar surface area (TPSA) is 55.4 Å². The second kappa shape index (κ2) is 7.09. The molecule has 1 aliphatic rings. The highest BCUT2D eigenvalue weighted by atomic mass is 16.5. The lowest BCUT2D eigenvalue weighted by Crippen LogP contribution is -2.44. The van der Waals surface area contributed by atoms with Crippen LogP contribution >= 0.6 is 0 Å². The molecule has 0 spiro atoms. The van der Waals surface area contributed by atoms with Gasteiger partial charge in [0.2, 0.25) is 5.91 Å². The summed E-state index contributed by atoms with van der Waals surface area (Å²) in [5.74, 6) is -0.0498. The molecule has 1 saturated carbocycles. The second-order valence-corrected chi connectivity index (χ2v) is 7.08. The van der Waals surface area contributed by atoms with Gasteiger partial charge in [0.05, 0.1) is 6.61 Å². The van der Waals surface area contributed by atoms with Crippen LogP contribution in [0.15, 0.2) is 0 Å². The van der Waals surface area contributed by atoms with E-state index in [-0.39, 0.29) is 5.91 Å². The first-order chi connectivity index (χ1) is 9.25. The molecular formula is C16H29NO3. The highest BCUT2D eigenvalue weighted by molar-refractivity contribution is 5.98. The Morgan fingerprint density at radius 2 is 1.95 bits per heavy atom. The molecule has 0 radical (unpaired) electrons. The number of rotatable bonds is 5. The largest absolute Gasteiger partial charge is 0.465 e. The van der Waals surface area contributed by atoms with Crippen molar-refractivity contribution in [2.45, 2.75) is 53.9 Å². The highest BCUT2D eigenvalue weighted by Gasteiger charge is 2.39. The van der Waals surface area contributed by atoms with E-state index in [1.165, 1.54) is 19.3 Å². The van der Waals surface area contributed by atoms with Crippen molar-refractivity contribution in [2.24, 2.45) is 23.2 Å². The first kappa shape index (κ1) is 17.0. The van der Waals surface area contributed by atoms with E-state index in [1.807, 2.05) is 20.8 Å². The van der Waals surface area contributed by atoms with Gasteiger partial charge in [0.25, 0.3) is 0 Å². The van der Waals surface area contributed by atoms with E-state index in [4.69, 9.17) is 4.74 Å². The summed E-state index contributed by atoms with van der Waals surface area (Å²) in [7, 11) is 0. The number of ether oxygens (including phenoxy) is 1. The van der Waals surface area contributed by atoms with E-state index in [0.29, 0.717) is 19.1 Å². The molecule has 0 aromatic heterocycles. The Balaban J connectivity index is 2.57. The molecule has 0 aromatic carbocycles. The van der Waals surface area contributed by atoms with Gasteiger partial charge in [0, 0.05) is 6.54 Å². The van der Waals surface area contributed by atoms with Crippen molar-refractivity contribution < 1.29 is 14.3 Å². The van der Waals surface area contributed by atoms with Crippen LogP contribution in [0.25, 0.3) is 0 Å². The summed E-state index contributed by atoms with van der Waals surface area (Å²) < 4.78 is 5.04. The van der Waals surface area contributed by atoms with E-state index < -0.39 is 17.3 Å². The van der Waals surface area contributed by atoms with Crippen molar-refractivity contribution in [3.8, 4) is 0 Å². The Bertz CT molecular complexity index is 346. The Labute approximate surface area is 122 Å². The third-order valence-electron chi connectivity index (χ3n) is 4.02. The third-order valence-corrected chi connectivity index (χ3v) is 4.02. The summed E-state index contributed by atoms with van der Waals surface area (Å²) in [5, 5.41) is 2.95. The van der Waals surface area contributed by atoms with Crippen molar-refractivity contribution in [2.75, 3.05) is 13.2 Å². The molecule has 1 fully saturated rings. The maximum Gasteiger partial charge on any atom is 0.319 e. The van der Waals surface area contributed by atoms with Crippen LogP contribution in [-0.2, 0) is 14.3 Å². The SMILES string of the molecule is CCOC(=O)C(C(=O)NCC1CCC(C)C1)C(C)(C)C. The molecule has 3 atom stereocenters. The second-order valence-electron chi connectivity index (χ2n) is 7.08. The minimum absolute atomic E-state index is 0.199. The van der Waals surface area contributed by atoms with Gasteiger partial charge in [-0.2, -0.15) is 0 Å². The fourth-order valence-electron chi connectivity index (χ4n) is 2.94. The molecule has 0 aromatic rings. The van der Waals surface area contributed by atoms with Crippen molar-refractivity contribution in [1.82, 2.24) is 5.32 Å². The molecule has 20 heavy (non-hydrogen) atoms. The fraction of sp³-hybridized carbons (Fsp3) is 0.875. The average molecular weight is 283 g/mol. The minimum atomic E-state index is -0.735. The first-order valence-corrected chi connectivity index (χ1v) is 7.70. The number of esters is 1. The average Bonchev–Trinajstić information content (AvgIpc) is 2.71. The lowest BCUT2D eigenvalue weighted by Gasteiger charge is -2.28. The van der Waals surface area contributed by atoms with Crippen LogP contribution in [0.4, 0.5) is 0 Å². The van der Waals surface area contributed by atoms with Gasteiger partial charge in [-0.05, 0) is 37.0 Å². The zero-order valence-corrected chi connectivity index (χ0v) is 13.5. The van der Waals surface area contributed by atoms with E-state index in [0.717, 1.165) is 5.92 Å². The van der Waals surface area contributed by atoms with Gasteiger partial charge in [0.1, 0.15) is 5.92 Å². The van der Waals surface area contributed by atoms with Crippen molar-refractivity contribution in [3.63, 3.8) is 0 Å². The van der Waals surface area contributed by atoms with E-state index >= 15 is 0 Å². The molecule has 0 aliphatic heterocycles. The van der Waals surface area contributed by atoms with Crippen molar-refractivity contribution >= 4 is 11.9 Å². The van der Waals surface area contributed by atoms with Gasteiger partial charge in [-0.25, -0.2) is 0 Å². The summed E-state index contributed by atoms with van der Waals surface area (Å²) in [4.78, 5) is 24.3. The fourth-order valence-corrected chi connectivity index (χ4v) is 2.94. The third kappa shape index (κ3) is 4.80. The molecule has 0 saturated heterocycles. The summed E-state index contributed by atoms with van der Waals surface area (Å²) >= 11 is 0. The van der Waals surface area contributed by atoms with Crippen molar-refractivity contribution in [3.05, 3.63) is 0 Å². The number of nitrogens with one attached hydrogen (secondary N) is 1. The van der Waals surface area contributed by atoms with Crippen LogP contribution in [0, 0.1) is 23.2 Å². The van der Waals surface area contributed by atoms with E-state index in [2.05, 4.69) is 12.2 Å². The summed E-state index contributed by atoms with van der Waals surface area (Å²) in [6, 6.07) is 0. The van der Waals surface area contributed by atoms with Crippen molar-refractivity contribution in [1.29, 1.82) is 0 Å². The van der Waals surface area contributed by atoms with Gasteiger partial charge < -0.3 is 10.1 Å².